The molecule has 0 radical (unpaired) electrons. The molecule has 0 aromatic heterocycles. The monoisotopic (exact) mass is 530 g/mol. The Hall–Kier alpha value is -2.62. The molecular formula is C33H42N2O4. The van der Waals surface area contributed by atoms with Crippen LogP contribution in [0.15, 0.2) is 29.9 Å². The molecule has 5 aliphatic rings. The van der Waals surface area contributed by atoms with Crippen LogP contribution in [0.5, 0.6) is 0 Å². The summed E-state index contributed by atoms with van der Waals surface area (Å²) in [5.74, 6) is 0.760. The van der Waals surface area contributed by atoms with Crippen molar-refractivity contribution >= 4 is 11.8 Å². The van der Waals surface area contributed by atoms with Crippen molar-refractivity contribution in [2.45, 2.75) is 95.2 Å². The lowest BCUT2D eigenvalue weighted by molar-refractivity contribution is -0.136. The summed E-state index contributed by atoms with van der Waals surface area (Å²) in [6, 6.07) is 8.39. The van der Waals surface area contributed by atoms with Crippen LogP contribution in [0.3, 0.4) is 0 Å². The molecule has 6 rings (SSSR count). The maximum absolute atomic E-state index is 13.5. The van der Waals surface area contributed by atoms with Gasteiger partial charge in [-0.3, -0.25) is 9.59 Å². The van der Waals surface area contributed by atoms with Crippen LogP contribution in [0.2, 0.25) is 0 Å². The molecule has 1 aromatic rings. The SMILES string of the molecule is O=C(c1c#cc2c(c1)[C@H](CC(O)C1=CC=CCC1O)CC2)N1CCC2(CCC(C(=O)N3CCCC3)CC2)CC1. The van der Waals surface area contributed by atoms with E-state index in [0.717, 1.165) is 102 Å². The van der Waals surface area contributed by atoms with Crippen molar-refractivity contribution in [2.75, 3.05) is 26.2 Å². The first-order valence-corrected chi connectivity index (χ1v) is 15.2. The molecule has 2 N–H and O–H groups in total. The molecule has 1 spiro atoms. The number of carbonyl (C=O) groups excluding carboxylic acids is 2. The van der Waals surface area contributed by atoms with Crippen molar-refractivity contribution in [3.63, 3.8) is 0 Å². The minimum Gasteiger partial charge on any atom is -0.389 e. The Morgan fingerprint density at radius 3 is 2.46 bits per heavy atom. The zero-order chi connectivity index (χ0) is 27.0. The summed E-state index contributed by atoms with van der Waals surface area (Å²) in [7, 11) is 0. The van der Waals surface area contributed by atoms with Gasteiger partial charge < -0.3 is 20.0 Å². The van der Waals surface area contributed by atoms with Crippen LogP contribution >= 0.6 is 0 Å². The van der Waals surface area contributed by atoms with Crippen molar-refractivity contribution in [2.24, 2.45) is 11.3 Å². The molecule has 3 atom stereocenters. The lowest BCUT2D eigenvalue weighted by atomic mass is 9.65. The van der Waals surface area contributed by atoms with Gasteiger partial charge in [0.2, 0.25) is 5.91 Å². The minimum atomic E-state index is -0.691. The van der Waals surface area contributed by atoms with Gasteiger partial charge in [0.1, 0.15) is 0 Å². The molecule has 2 unspecified atom stereocenters. The normalized spacial score (nSPS) is 27.3. The van der Waals surface area contributed by atoms with Crippen LogP contribution in [0.25, 0.3) is 0 Å². The van der Waals surface area contributed by atoms with Gasteiger partial charge in [-0.1, -0.05) is 30.4 Å². The average molecular weight is 531 g/mol. The summed E-state index contributed by atoms with van der Waals surface area (Å²) in [6.45, 7) is 3.40. The third-order valence-corrected chi connectivity index (χ3v) is 10.4. The van der Waals surface area contributed by atoms with Crippen LogP contribution in [-0.4, -0.2) is 70.2 Å². The van der Waals surface area contributed by atoms with E-state index >= 15 is 0 Å². The smallest absolute Gasteiger partial charge is 0.262 e. The van der Waals surface area contributed by atoms with Gasteiger partial charge in [-0.15, -0.1) is 0 Å². The van der Waals surface area contributed by atoms with Crippen molar-refractivity contribution in [1.29, 1.82) is 0 Å². The number of nitrogens with zero attached hydrogens (tertiary/aromatic N) is 2. The van der Waals surface area contributed by atoms with Gasteiger partial charge in [0, 0.05) is 37.7 Å². The van der Waals surface area contributed by atoms with Gasteiger partial charge in [0.15, 0.2) is 0 Å². The molecule has 6 heteroatoms. The Balaban J connectivity index is 1.05. The number of aliphatic hydroxyl groups excluding tert-OH is 2. The van der Waals surface area contributed by atoms with Crippen LogP contribution < -0.4 is 0 Å². The summed E-state index contributed by atoms with van der Waals surface area (Å²) >= 11 is 0. The molecule has 2 heterocycles. The Labute approximate surface area is 232 Å². The molecule has 1 aromatic carbocycles. The van der Waals surface area contributed by atoms with Gasteiger partial charge in [0.05, 0.1) is 17.8 Å². The number of aliphatic hydroxyl groups is 2. The van der Waals surface area contributed by atoms with E-state index in [-0.39, 0.29) is 23.2 Å². The number of hydrogen-bond acceptors (Lipinski definition) is 4. The first-order chi connectivity index (χ1) is 18.9. The third-order valence-electron chi connectivity index (χ3n) is 10.4. The number of carbonyl (C=O) groups is 2. The predicted octanol–water partition coefficient (Wildman–Crippen LogP) is 4.35. The van der Waals surface area contributed by atoms with Crippen molar-refractivity contribution < 1.29 is 19.8 Å². The number of hydrogen-bond donors (Lipinski definition) is 2. The molecule has 2 saturated heterocycles. The lowest BCUT2D eigenvalue weighted by Gasteiger charge is -2.46. The second-order valence-electron chi connectivity index (χ2n) is 12.7. The Morgan fingerprint density at radius 2 is 1.74 bits per heavy atom. The largest absolute Gasteiger partial charge is 0.389 e. The van der Waals surface area contributed by atoms with Crippen LogP contribution in [0, 0.1) is 23.5 Å². The first kappa shape index (κ1) is 26.6. The Kier molecular flexibility index (Phi) is 7.57. The van der Waals surface area contributed by atoms with Crippen molar-refractivity contribution in [3.05, 3.63) is 58.7 Å². The Morgan fingerprint density at radius 1 is 1.00 bits per heavy atom. The maximum Gasteiger partial charge on any atom is 0.262 e. The van der Waals surface area contributed by atoms with E-state index < -0.39 is 12.2 Å². The summed E-state index contributed by atoms with van der Waals surface area (Å²) in [5.41, 5.74) is 3.74. The molecule has 39 heavy (non-hydrogen) atoms. The molecule has 3 aliphatic carbocycles. The highest BCUT2D eigenvalue weighted by Crippen LogP contribution is 2.47. The second-order valence-corrected chi connectivity index (χ2v) is 12.7. The number of piperidine rings is 1. The summed E-state index contributed by atoms with van der Waals surface area (Å²) in [4.78, 5) is 30.4. The summed E-state index contributed by atoms with van der Waals surface area (Å²) in [5, 5.41) is 21.1. The lowest BCUT2D eigenvalue weighted by Crippen LogP contribution is -2.45. The van der Waals surface area contributed by atoms with E-state index in [0.29, 0.717) is 29.9 Å². The maximum atomic E-state index is 13.5. The first-order valence-electron chi connectivity index (χ1n) is 15.2. The Bertz CT molecular complexity index is 1130. The van der Waals surface area contributed by atoms with Crippen LogP contribution in [0.4, 0.5) is 0 Å². The fourth-order valence-electron chi connectivity index (χ4n) is 7.80. The van der Waals surface area contributed by atoms with Gasteiger partial charge >= 0.3 is 0 Å². The van der Waals surface area contributed by atoms with Gasteiger partial charge in [-0.25, -0.2) is 0 Å². The fourth-order valence-corrected chi connectivity index (χ4v) is 7.80. The highest BCUT2D eigenvalue weighted by molar-refractivity contribution is 5.94. The van der Waals surface area contributed by atoms with E-state index in [1.54, 1.807) is 0 Å². The number of likely N-dealkylation sites (tertiary alicyclic amines) is 2. The second kappa shape index (κ2) is 11.1. The third kappa shape index (κ3) is 5.41. The summed E-state index contributed by atoms with van der Waals surface area (Å²) in [6.07, 6.45) is 15.7. The predicted molar refractivity (Wildman–Crippen MR) is 149 cm³/mol. The molecule has 3 fully saturated rings. The molecule has 0 bridgehead atoms. The van der Waals surface area contributed by atoms with E-state index in [2.05, 4.69) is 17.0 Å². The number of fused-ring (bicyclic) bond motifs is 1. The zero-order valence-electron chi connectivity index (χ0n) is 23.0. The number of allylic oxidation sites excluding steroid dienone is 2. The zero-order valence-corrected chi connectivity index (χ0v) is 23.0. The molecule has 1 saturated carbocycles. The van der Waals surface area contributed by atoms with E-state index in [1.807, 2.05) is 29.2 Å². The summed E-state index contributed by atoms with van der Waals surface area (Å²) < 4.78 is 0. The molecule has 2 aliphatic heterocycles. The molecule has 208 valence electrons. The van der Waals surface area contributed by atoms with E-state index in [9.17, 15) is 19.8 Å². The van der Waals surface area contributed by atoms with E-state index in [1.165, 1.54) is 0 Å². The van der Waals surface area contributed by atoms with Gasteiger partial charge in [-0.2, -0.15) is 0 Å². The quantitative estimate of drug-likeness (QED) is 0.593. The fraction of sp³-hybridized carbons (Fsp3) is 0.636. The van der Waals surface area contributed by atoms with Crippen molar-refractivity contribution in [1.82, 2.24) is 9.80 Å². The number of amides is 2. The van der Waals surface area contributed by atoms with E-state index in [4.69, 9.17) is 0 Å². The number of rotatable bonds is 5. The highest BCUT2D eigenvalue weighted by atomic mass is 16.3. The molecule has 6 nitrogen and oxygen atoms in total. The molecular weight excluding hydrogens is 488 g/mol. The van der Waals surface area contributed by atoms with Gasteiger partial charge in [-0.05, 0) is 106 Å². The molecule has 2 amide bonds. The van der Waals surface area contributed by atoms with Crippen molar-refractivity contribution in [3.8, 4) is 0 Å². The standard InChI is InChI=1S/C33H42N2O4/c36-29-6-2-1-5-27(29)30(37)22-25-9-7-23-8-10-26(21-28(23)25)32(39)35-19-15-33(16-20-35)13-11-24(12-14-33)31(38)34-17-3-4-18-34/h1-2,5,21,24-25,29-30,36-37H,3-4,6-7,9,11-20,22H2/t25-,29?,30?/m0/s1. The van der Waals surface area contributed by atoms with Crippen LogP contribution in [0.1, 0.15) is 98.0 Å². The van der Waals surface area contributed by atoms with Gasteiger partial charge in [0.25, 0.3) is 5.91 Å². The average Bonchev–Trinajstić information content (AvgIpc) is 3.64. The topological polar surface area (TPSA) is 81.1 Å². The van der Waals surface area contributed by atoms with Crippen LogP contribution in [-0.2, 0) is 11.2 Å². The minimum absolute atomic E-state index is 0.0311. The highest BCUT2D eigenvalue weighted by Gasteiger charge is 2.41.